The minimum absolute atomic E-state index is 0.0931. The maximum atomic E-state index is 11.6. The normalized spacial score (nSPS) is 15.1. The first-order valence-corrected chi connectivity index (χ1v) is 8.17. The standard InChI is InChI=1S/C17H21N3O5/c1-23-14-9-13-12(15(20(21)22)16(14)24-2)5-8-19-17(13)25-10-11-3-6-18-7-4-11/h5,8-9,11,18H,3-4,6-7,10H2,1-2H3. The van der Waals surface area contributed by atoms with Gasteiger partial charge in [-0.15, -0.1) is 0 Å². The van der Waals surface area contributed by atoms with E-state index < -0.39 is 4.92 Å². The Balaban J connectivity index is 2.02. The van der Waals surface area contributed by atoms with Gasteiger partial charge in [0.25, 0.3) is 0 Å². The van der Waals surface area contributed by atoms with Crippen molar-refractivity contribution in [3.63, 3.8) is 0 Å². The number of benzene rings is 1. The number of hydrogen-bond acceptors (Lipinski definition) is 7. The van der Waals surface area contributed by atoms with Gasteiger partial charge in [0, 0.05) is 6.20 Å². The molecule has 0 bridgehead atoms. The van der Waals surface area contributed by atoms with Gasteiger partial charge < -0.3 is 19.5 Å². The van der Waals surface area contributed by atoms with Crippen LogP contribution in [-0.4, -0.2) is 43.8 Å². The van der Waals surface area contributed by atoms with Gasteiger partial charge in [0.2, 0.25) is 11.6 Å². The topological polar surface area (TPSA) is 95.8 Å². The number of piperidine rings is 1. The zero-order valence-electron chi connectivity index (χ0n) is 14.3. The molecule has 25 heavy (non-hydrogen) atoms. The first kappa shape index (κ1) is 17.2. The summed E-state index contributed by atoms with van der Waals surface area (Å²) < 4.78 is 16.4. The van der Waals surface area contributed by atoms with Crippen LogP contribution in [0, 0.1) is 16.0 Å². The minimum Gasteiger partial charge on any atom is -0.493 e. The monoisotopic (exact) mass is 347 g/mol. The Labute approximate surface area is 145 Å². The molecule has 1 aromatic carbocycles. The average molecular weight is 347 g/mol. The second kappa shape index (κ2) is 7.52. The third-order valence-corrected chi connectivity index (χ3v) is 4.44. The predicted molar refractivity (Wildman–Crippen MR) is 92.6 cm³/mol. The number of nitro groups is 1. The van der Waals surface area contributed by atoms with Crippen LogP contribution in [0.2, 0.25) is 0 Å². The Bertz CT molecular complexity index is 774. The van der Waals surface area contributed by atoms with Gasteiger partial charge in [-0.25, -0.2) is 4.98 Å². The van der Waals surface area contributed by atoms with E-state index in [1.54, 1.807) is 12.1 Å². The highest BCUT2D eigenvalue weighted by Crippen LogP contribution is 2.44. The number of ether oxygens (including phenoxy) is 3. The van der Waals surface area contributed by atoms with E-state index in [0.29, 0.717) is 29.2 Å². The molecule has 1 aromatic heterocycles. The van der Waals surface area contributed by atoms with Crippen LogP contribution in [-0.2, 0) is 0 Å². The third kappa shape index (κ3) is 3.43. The zero-order chi connectivity index (χ0) is 17.8. The Morgan fingerprint density at radius 3 is 2.68 bits per heavy atom. The van der Waals surface area contributed by atoms with Crippen LogP contribution in [0.1, 0.15) is 12.8 Å². The van der Waals surface area contributed by atoms with E-state index in [1.165, 1.54) is 20.4 Å². The first-order valence-electron chi connectivity index (χ1n) is 8.17. The van der Waals surface area contributed by atoms with Gasteiger partial charge in [-0.2, -0.15) is 0 Å². The summed E-state index contributed by atoms with van der Waals surface area (Å²) in [6.45, 7) is 2.50. The molecular weight excluding hydrogens is 326 g/mol. The van der Waals surface area contributed by atoms with Crippen LogP contribution in [0.5, 0.6) is 17.4 Å². The van der Waals surface area contributed by atoms with E-state index >= 15 is 0 Å². The van der Waals surface area contributed by atoms with E-state index in [-0.39, 0.29) is 17.2 Å². The van der Waals surface area contributed by atoms with Crippen LogP contribution in [0.15, 0.2) is 18.3 Å². The van der Waals surface area contributed by atoms with Crippen molar-refractivity contribution in [2.24, 2.45) is 5.92 Å². The lowest BCUT2D eigenvalue weighted by molar-refractivity contribution is -0.384. The molecule has 134 valence electrons. The molecule has 3 rings (SSSR count). The maximum absolute atomic E-state index is 11.6. The highest BCUT2D eigenvalue weighted by Gasteiger charge is 2.26. The maximum Gasteiger partial charge on any atom is 0.322 e. The van der Waals surface area contributed by atoms with Crippen molar-refractivity contribution in [3.8, 4) is 17.4 Å². The smallest absolute Gasteiger partial charge is 0.322 e. The third-order valence-electron chi connectivity index (χ3n) is 4.44. The Morgan fingerprint density at radius 1 is 1.28 bits per heavy atom. The lowest BCUT2D eigenvalue weighted by Gasteiger charge is -2.22. The summed E-state index contributed by atoms with van der Waals surface area (Å²) in [5.74, 6) is 1.20. The van der Waals surface area contributed by atoms with Crippen molar-refractivity contribution in [1.82, 2.24) is 10.3 Å². The summed E-state index contributed by atoms with van der Waals surface area (Å²) >= 11 is 0. The second-order valence-electron chi connectivity index (χ2n) is 5.93. The van der Waals surface area contributed by atoms with Gasteiger partial charge >= 0.3 is 5.69 Å². The molecule has 1 fully saturated rings. The fraction of sp³-hybridized carbons (Fsp3) is 0.471. The van der Waals surface area contributed by atoms with E-state index in [2.05, 4.69) is 10.3 Å². The molecule has 0 radical (unpaired) electrons. The SMILES string of the molecule is COc1cc2c(OCC3CCNCC3)nccc2c([N+](=O)[O-])c1OC. The van der Waals surface area contributed by atoms with Crippen LogP contribution in [0.25, 0.3) is 10.8 Å². The van der Waals surface area contributed by atoms with Crippen molar-refractivity contribution in [1.29, 1.82) is 0 Å². The van der Waals surface area contributed by atoms with Crippen LogP contribution in [0.4, 0.5) is 5.69 Å². The number of rotatable bonds is 6. The second-order valence-corrected chi connectivity index (χ2v) is 5.93. The number of hydrogen-bond donors (Lipinski definition) is 1. The predicted octanol–water partition coefficient (Wildman–Crippen LogP) is 2.54. The van der Waals surface area contributed by atoms with Gasteiger partial charge in [-0.3, -0.25) is 10.1 Å². The van der Waals surface area contributed by atoms with Gasteiger partial charge in [-0.05, 0) is 44.0 Å². The van der Waals surface area contributed by atoms with Crippen LogP contribution >= 0.6 is 0 Å². The summed E-state index contributed by atoms with van der Waals surface area (Å²) in [6.07, 6.45) is 3.60. The molecule has 0 saturated carbocycles. The summed E-state index contributed by atoms with van der Waals surface area (Å²) in [7, 11) is 2.83. The molecule has 0 aliphatic carbocycles. The van der Waals surface area contributed by atoms with Crippen LogP contribution < -0.4 is 19.5 Å². The van der Waals surface area contributed by atoms with Gasteiger partial charge in [0.1, 0.15) is 0 Å². The van der Waals surface area contributed by atoms with E-state index in [9.17, 15) is 10.1 Å². The molecular formula is C17H21N3O5. The van der Waals surface area contributed by atoms with E-state index in [0.717, 1.165) is 25.9 Å². The fourth-order valence-corrected chi connectivity index (χ4v) is 3.13. The van der Waals surface area contributed by atoms with E-state index in [1.807, 2.05) is 0 Å². The summed E-state index contributed by atoms with van der Waals surface area (Å²) in [5.41, 5.74) is -0.147. The number of methoxy groups -OCH3 is 2. The molecule has 0 spiro atoms. The Morgan fingerprint density at radius 2 is 2.04 bits per heavy atom. The van der Waals surface area contributed by atoms with Crippen LogP contribution in [0.3, 0.4) is 0 Å². The first-order chi connectivity index (χ1) is 12.2. The highest BCUT2D eigenvalue weighted by atomic mass is 16.6. The molecule has 0 unspecified atom stereocenters. The number of nitro benzene ring substituents is 1. The van der Waals surface area contributed by atoms with E-state index in [4.69, 9.17) is 14.2 Å². The molecule has 8 nitrogen and oxygen atoms in total. The lowest BCUT2D eigenvalue weighted by atomic mass is 9.99. The Kier molecular flexibility index (Phi) is 5.18. The quantitative estimate of drug-likeness (QED) is 0.633. The van der Waals surface area contributed by atoms with Crippen molar-refractivity contribution in [2.45, 2.75) is 12.8 Å². The van der Waals surface area contributed by atoms with Crippen molar-refractivity contribution >= 4 is 16.5 Å². The molecule has 0 atom stereocenters. The Hall–Kier alpha value is -2.61. The molecule has 2 aromatic rings. The molecule has 1 aliphatic rings. The number of fused-ring (bicyclic) bond motifs is 1. The average Bonchev–Trinajstić information content (AvgIpc) is 2.65. The van der Waals surface area contributed by atoms with Crippen molar-refractivity contribution in [2.75, 3.05) is 33.9 Å². The number of aromatic nitrogens is 1. The molecule has 8 heteroatoms. The largest absolute Gasteiger partial charge is 0.493 e. The van der Waals surface area contributed by atoms with Crippen molar-refractivity contribution < 1.29 is 19.1 Å². The molecule has 1 saturated heterocycles. The highest BCUT2D eigenvalue weighted by molar-refractivity contribution is 5.98. The summed E-state index contributed by atoms with van der Waals surface area (Å²) in [4.78, 5) is 15.4. The summed E-state index contributed by atoms with van der Waals surface area (Å²) in [5, 5.41) is 15.9. The van der Waals surface area contributed by atoms with Gasteiger partial charge in [0.15, 0.2) is 5.75 Å². The molecule has 0 amide bonds. The van der Waals surface area contributed by atoms with Gasteiger partial charge in [0.05, 0.1) is 36.5 Å². The zero-order valence-corrected chi connectivity index (χ0v) is 14.3. The number of nitrogens with zero attached hydrogens (tertiary/aromatic N) is 2. The van der Waals surface area contributed by atoms with Gasteiger partial charge in [-0.1, -0.05) is 0 Å². The summed E-state index contributed by atoms with van der Waals surface area (Å²) in [6, 6.07) is 3.26. The number of nitrogens with one attached hydrogen (secondary N) is 1. The lowest BCUT2D eigenvalue weighted by Crippen LogP contribution is -2.30. The fourth-order valence-electron chi connectivity index (χ4n) is 3.13. The molecule has 1 aliphatic heterocycles. The van der Waals surface area contributed by atoms with Crippen molar-refractivity contribution in [3.05, 3.63) is 28.4 Å². The molecule has 1 N–H and O–H groups in total. The number of pyridine rings is 1. The molecule has 2 heterocycles. The minimum atomic E-state index is -0.472.